The summed E-state index contributed by atoms with van der Waals surface area (Å²) in [6, 6.07) is 7.49. The molecule has 0 saturated heterocycles. The zero-order chi connectivity index (χ0) is 16.4. The first-order valence-electron chi connectivity index (χ1n) is 7.69. The molecular weight excluding hydrogens is 296 g/mol. The first-order valence-corrected chi connectivity index (χ1v) is 7.69. The molecule has 122 valence electrons. The lowest BCUT2D eigenvalue weighted by Crippen LogP contribution is -2.41. The number of rotatable bonds is 4. The minimum atomic E-state index is -0.225. The fourth-order valence-corrected chi connectivity index (χ4v) is 2.52. The molecule has 0 fully saturated rings. The predicted molar refractivity (Wildman–Crippen MR) is 84.0 cm³/mol. The monoisotopic (exact) mass is 316 g/mol. The van der Waals surface area contributed by atoms with Crippen molar-refractivity contribution in [3.8, 4) is 11.5 Å². The smallest absolute Gasteiger partial charge is 0.256 e. The number of amides is 1. The zero-order valence-corrected chi connectivity index (χ0v) is 13.5. The third-order valence-electron chi connectivity index (χ3n) is 3.70. The summed E-state index contributed by atoms with van der Waals surface area (Å²) in [4.78, 5) is 12.4. The van der Waals surface area contributed by atoms with Gasteiger partial charge in [-0.05, 0) is 19.1 Å². The van der Waals surface area contributed by atoms with Crippen LogP contribution in [-0.4, -0.2) is 30.3 Å². The number of carbonyl (C=O) groups excluding carboxylic acids is 1. The second-order valence-corrected chi connectivity index (χ2v) is 5.87. The van der Waals surface area contributed by atoms with Crippen LogP contribution in [0, 0.1) is 6.92 Å². The van der Waals surface area contributed by atoms with Gasteiger partial charge >= 0.3 is 0 Å². The number of hydrogen-bond donors (Lipinski definition) is 1. The molecule has 2 aromatic rings. The van der Waals surface area contributed by atoms with E-state index in [0.717, 1.165) is 5.75 Å². The minimum Gasteiger partial charge on any atom is -0.486 e. The number of aryl methyl sites for hydroxylation is 1. The lowest BCUT2D eigenvalue weighted by Gasteiger charge is -2.26. The SMILES string of the molecule is Cc1noc(C(C)C)c1C(=O)NC[C@H]1COc2ccccc2O1. The van der Waals surface area contributed by atoms with Gasteiger partial charge in [-0.2, -0.15) is 0 Å². The van der Waals surface area contributed by atoms with Crippen molar-refractivity contribution in [3.05, 3.63) is 41.3 Å². The van der Waals surface area contributed by atoms with Crippen molar-refractivity contribution in [2.24, 2.45) is 0 Å². The summed E-state index contributed by atoms with van der Waals surface area (Å²) in [7, 11) is 0. The highest BCUT2D eigenvalue weighted by molar-refractivity contribution is 5.96. The van der Waals surface area contributed by atoms with Crippen molar-refractivity contribution < 1.29 is 18.8 Å². The zero-order valence-electron chi connectivity index (χ0n) is 13.5. The quantitative estimate of drug-likeness (QED) is 0.939. The number of carbonyl (C=O) groups is 1. The third kappa shape index (κ3) is 3.16. The van der Waals surface area contributed by atoms with Crippen molar-refractivity contribution in [3.63, 3.8) is 0 Å². The Bertz CT molecular complexity index is 708. The first-order chi connectivity index (χ1) is 11.1. The van der Waals surface area contributed by atoms with E-state index in [9.17, 15) is 4.79 Å². The summed E-state index contributed by atoms with van der Waals surface area (Å²) < 4.78 is 16.7. The molecule has 1 aromatic carbocycles. The topological polar surface area (TPSA) is 73.6 Å². The Morgan fingerprint density at radius 2 is 2.09 bits per heavy atom. The highest BCUT2D eigenvalue weighted by Crippen LogP contribution is 2.30. The molecule has 6 nitrogen and oxygen atoms in total. The molecule has 0 spiro atoms. The van der Waals surface area contributed by atoms with E-state index >= 15 is 0 Å². The maximum atomic E-state index is 12.4. The Morgan fingerprint density at radius 3 is 2.83 bits per heavy atom. The van der Waals surface area contributed by atoms with E-state index in [0.29, 0.717) is 35.9 Å². The fourth-order valence-electron chi connectivity index (χ4n) is 2.52. The van der Waals surface area contributed by atoms with Gasteiger partial charge in [-0.15, -0.1) is 0 Å². The van der Waals surface area contributed by atoms with Gasteiger partial charge < -0.3 is 19.3 Å². The summed E-state index contributed by atoms with van der Waals surface area (Å²) in [6.07, 6.45) is -0.225. The van der Waals surface area contributed by atoms with Gasteiger partial charge in [-0.3, -0.25) is 4.79 Å². The van der Waals surface area contributed by atoms with E-state index in [1.54, 1.807) is 6.92 Å². The van der Waals surface area contributed by atoms with Crippen LogP contribution in [0.5, 0.6) is 11.5 Å². The Kier molecular flexibility index (Phi) is 4.23. The average Bonchev–Trinajstić information content (AvgIpc) is 2.94. The Balaban J connectivity index is 1.63. The van der Waals surface area contributed by atoms with Crippen molar-refractivity contribution in [2.45, 2.75) is 32.8 Å². The number of aromatic nitrogens is 1. The largest absolute Gasteiger partial charge is 0.486 e. The molecule has 23 heavy (non-hydrogen) atoms. The van der Waals surface area contributed by atoms with E-state index in [-0.39, 0.29) is 17.9 Å². The van der Waals surface area contributed by atoms with Crippen LogP contribution in [0.1, 0.15) is 41.6 Å². The van der Waals surface area contributed by atoms with Crippen LogP contribution in [0.25, 0.3) is 0 Å². The molecule has 0 saturated carbocycles. The average molecular weight is 316 g/mol. The second-order valence-electron chi connectivity index (χ2n) is 5.87. The molecule has 6 heteroatoms. The van der Waals surface area contributed by atoms with Crippen LogP contribution in [0.3, 0.4) is 0 Å². The van der Waals surface area contributed by atoms with Gasteiger partial charge in [0.15, 0.2) is 17.3 Å². The first kappa shape index (κ1) is 15.4. The Hall–Kier alpha value is -2.50. The fraction of sp³-hybridized carbons (Fsp3) is 0.412. The number of nitrogens with zero attached hydrogens (tertiary/aromatic N) is 1. The van der Waals surface area contributed by atoms with Gasteiger partial charge in [0.1, 0.15) is 18.3 Å². The molecule has 1 amide bonds. The second kappa shape index (κ2) is 6.32. The van der Waals surface area contributed by atoms with E-state index in [4.69, 9.17) is 14.0 Å². The molecule has 3 rings (SSSR count). The maximum absolute atomic E-state index is 12.4. The molecule has 0 radical (unpaired) electrons. The molecule has 0 unspecified atom stereocenters. The number of ether oxygens (including phenoxy) is 2. The summed E-state index contributed by atoms with van der Waals surface area (Å²) in [5, 5.41) is 6.77. The van der Waals surface area contributed by atoms with Crippen LogP contribution in [-0.2, 0) is 0 Å². The Morgan fingerprint density at radius 1 is 1.35 bits per heavy atom. The van der Waals surface area contributed by atoms with Crippen LogP contribution >= 0.6 is 0 Å². The molecule has 2 heterocycles. The summed E-state index contributed by atoms with van der Waals surface area (Å²) in [5.41, 5.74) is 1.11. The van der Waals surface area contributed by atoms with Crippen LogP contribution in [0.4, 0.5) is 0 Å². The van der Waals surface area contributed by atoms with Gasteiger partial charge in [-0.1, -0.05) is 31.1 Å². The van der Waals surface area contributed by atoms with Gasteiger partial charge in [0.05, 0.1) is 12.2 Å². The number of para-hydroxylation sites is 2. The number of nitrogens with one attached hydrogen (secondary N) is 1. The summed E-state index contributed by atoms with van der Waals surface area (Å²) in [6.45, 7) is 6.45. The van der Waals surface area contributed by atoms with Crippen molar-refractivity contribution in [2.75, 3.05) is 13.2 Å². The number of hydrogen-bond acceptors (Lipinski definition) is 5. The van der Waals surface area contributed by atoms with Crippen molar-refractivity contribution in [1.29, 1.82) is 0 Å². The predicted octanol–water partition coefficient (Wildman–Crippen LogP) is 2.68. The molecule has 1 atom stereocenters. The van der Waals surface area contributed by atoms with Crippen molar-refractivity contribution >= 4 is 5.91 Å². The molecular formula is C17H20N2O4. The molecule has 0 bridgehead atoms. The molecule has 0 aliphatic carbocycles. The highest BCUT2D eigenvalue weighted by atomic mass is 16.6. The summed E-state index contributed by atoms with van der Waals surface area (Å²) in [5.74, 6) is 1.92. The maximum Gasteiger partial charge on any atom is 0.256 e. The van der Waals surface area contributed by atoms with Gasteiger partial charge in [0.25, 0.3) is 5.91 Å². The lowest BCUT2D eigenvalue weighted by atomic mass is 10.0. The van der Waals surface area contributed by atoms with Crippen LogP contribution in [0.2, 0.25) is 0 Å². The number of benzene rings is 1. The standard InChI is InChI=1S/C17H20N2O4/c1-10(2)16-15(11(3)19-23-16)17(20)18-8-12-9-21-13-6-4-5-7-14(13)22-12/h4-7,10,12H,8-9H2,1-3H3,(H,18,20)/t12-/m0/s1. The Labute approximate surface area is 134 Å². The highest BCUT2D eigenvalue weighted by Gasteiger charge is 2.25. The van der Waals surface area contributed by atoms with E-state index in [2.05, 4.69) is 10.5 Å². The van der Waals surface area contributed by atoms with Crippen LogP contribution in [0.15, 0.2) is 28.8 Å². The number of fused-ring (bicyclic) bond motifs is 1. The van der Waals surface area contributed by atoms with E-state index in [1.165, 1.54) is 0 Å². The van der Waals surface area contributed by atoms with Gasteiger partial charge in [-0.25, -0.2) is 0 Å². The van der Waals surface area contributed by atoms with Crippen molar-refractivity contribution in [1.82, 2.24) is 10.5 Å². The normalized spacial score (nSPS) is 16.4. The molecule has 1 aromatic heterocycles. The lowest BCUT2D eigenvalue weighted by molar-refractivity contribution is 0.0787. The van der Waals surface area contributed by atoms with E-state index < -0.39 is 0 Å². The molecule has 1 aliphatic heterocycles. The molecule has 1 N–H and O–H groups in total. The summed E-state index contributed by atoms with van der Waals surface area (Å²) >= 11 is 0. The van der Waals surface area contributed by atoms with Gasteiger partial charge in [0, 0.05) is 5.92 Å². The molecule has 1 aliphatic rings. The minimum absolute atomic E-state index is 0.0955. The third-order valence-corrected chi connectivity index (χ3v) is 3.70. The van der Waals surface area contributed by atoms with Crippen LogP contribution < -0.4 is 14.8 Å². The van der Waals surface area contributed by atoms with E-state index in [1.807, 2.05) is 38.1 Å². The van der Waals surface area contributed by atoms with Gasteiger partial charge in [0.2, 0.25) is 0 Å².